The number of nitrogens with one attached hydrogen (secondary N) is 1. The first-order valence-electron chi connectivity index (χ1n) is 7.93. The van der Waals surface area contributed by atoms with Gasteiger partial charge in [0.2, 0.25) is 0 Å². The van der Waals surface area contributed by atoms with E-state index in [-0.39, 0.29) is 12.5 Å². The van der Waals surface area contributed by atoms with Crippen molar-refractivity contribution in [2.24, 2.45) is 0 Å². The molecule has 0 aliphatic heterocycles. The van der Waals surface area contributed by atoms with Gasteiger partial charge in [-0.25, -0.2) is 0 Å². The second-order valence-corrected chi connectivity index (χ2v) is 5.70. The minimum absolute atomic E-state index is 0.0000581. The zero-order chi connectivity index (χ0) is 16.9. The summed E-state index contributed by atoms with van der Waals surface area (Å²) in [6.07, 6.45) is 0.697. The Hall–Kier alpha value is -2.82. The fourth-order valence-electron chi connectivity index (χ4n) is 2.64. The van der Waals surface area contributed by atoms with Crippen LogP contribution in [0.5, 0.6) is 5.75 Å². The van der Waals surface area contributed by atoms with E-state index in [0.717, 1.165) is 27.8 Å². The van der Waals surface area contributed by atoms with E-state index in [0.29, 0.717) is 18.7 Å². The second-order valence-electron chi connectivity index (χ2n) is 5.70. The highest BCUT2D eigenvalue weighted by atomic mass is 16.5. The number of benzene rings is 2. The fraction of sp³-hybridized carbons (Fsp3) is 0.263. The molecule has 3 rings (SSSR count). The van der Waals surface area contributed by atoms with Gasteiger partial charge in [-0.3, -0.25) is 4.79 Å². The van der Waals surface area contributed by atoms with Crippen molar-refractivity contribution in [2.75, 3.05) is 13.2 Å². The van der Waals surface area contributed by atoms with Gasteiger partial charge < -0.3 is 14.6 Å². The largest absolute Gasteiger partial charge is 0.484 e. The molecular weight excluding hydrogens is 304 g/mol. The number of rotatable bonds is 6. The minimum Gasteiger partial charge on any atom is -0.484 e. The Morgan fingerprint density at radius 2 is 1.96 bits per heavy atom. The highest BCUT2D eigenvalue weighted by molar-refractivity contribution is 5.84. The van der Waals surface area contributed by atoms with Gasteiger partial charge in [-0.1, -0.05) is 35.5 Å². The maximum atomic E-state index is 11.9. The third-order valence-corrected chi connectivity index (χ3v) is 3.97. The maximum absolute atomic E-state index is 11.9. The quantitative estimate of drug-likeness (QED) is 0.756. The smallest absolute Gasteiger partial charge is 0.257 e. The molecule has 1 aromatic heterocycles. The first-order valence-corrected chi connectivity index (χ1v) is 7.93. The Labute approximate surface area is 140 Å². The van der Waals surface area contributed by atoms with Crippen LogP contribution in [-0.2, 0) is 11.2 Å². The lowest BCUT2D eigenvalue weighted by molar-refractivity contribution is -0.123. The lowest BCUT2D eigenvalue weighted by Gasteiger charge is -2.08. The minimum atomic E-state index is -0.144. The molecule has 0 saturated heterocycles. The van der Waals surface area contributed by atoms with E-state index in [1.54, 1.807) is 0 Å². The molecule has 0 fully saturated rings. The molecule has 0 atom stereocenters. The highest BCUT2D eigenvalue weighted by Crippen LogP contribution is 2.20. The molecule has 1 amide bonds. The Kier molecular flexibility index (Phi) is 4.79. The molecule has 3 aromatic rings. The Bertz CT molecular complexity index is 835. The van der Waals surface area contributed by atoms with Crippen molar-refractivity contribution in [3.05, 3.63) is 59.5 Å². The summed E-state index contributed by atoms with van der Waals surface area (Å²) in [5.74, 6) is 1.35. The molecule has 0 aliphatic rings. The van der Waals surface area contributed by atoms with Crippen LogP contribution < -0.4 is 10.1 Å². The monoisotopic (exact) mass is 324 g/mol. The predicted octanol–water partition coefficient (Wildman–Crippen LogP) is 3.18. The maximum Gasteiger partial charge on any atom is 0.257 e. The number of aryl methyl sites for hydroxylation is 2. The van der Waals surface area contributed by atoms with Crippen LogP contribution in [0.15, 0.2) is 47.0 Å². The van der Waals surface area contributed by atoms with Crippen molar-refractivity contribution in [3.8, 4) is 5.75 Å². The van der Waals surface area contributed by atoms with E-state index in [9.17, 15) is 4.79 Å². The molecule has 5 heteroatoms. The summed E-state index contributed by atoms with van der Waals surface area (Å²) in [7, 11) is 0. The molecule has 0 radical (unpaired) electrons. The van der Waals surface area contributed by atoms with Crippen molar-refractivity contribution in [1.29, 1.82) is 0 Å². The van der Waals surface area contributed by atoms with E-state index in [1.165, 1.54) is 0 Å². The molecule has 0 aliphatic carbocycles. The zero-order valence-electron chi connectivity index (χ0n) is 13.8. The van der Waals surface area contributed by atoms with Crippen molar-refractivity contribution in [2.45, 2.75) is 20.3 Å². The van der Waals surface area contributed by atoms with Gasteiger partial charge in [0, 0.05) is 12.1 Å². The van der Waals surface area contributed by atoms with Crippen LogP contribution in [0.3, 0.4) is 0 Å². The summed E-state index contributed by atoms with van der Waals surface area (Å²) >= 11 is 0. The van der Waals surface area contributed by atoms with E-state index >= 15 is 0 Å². The van der Waals surface area contributed by atoms with Crippen LogP contribution in [-0.4, -0.2) is 24.2 Å². The summed E-state index contributed by atoms with van der Waals surface area (Å²) in [5.41, 5.74) is 1.92. The van der Waals surface area contributed by atoms with Gasteiger partial charge in [-0.15, -0.1) is 0 Å². The molecule has 5 nitrogen and oxygen atoms in total. The van der Waals surface area contributed by atoms with Crippen molar-refractivity contribution < 1.29 is 14.1 Å². The van der Waals surface area contributed by atoms with E-state index in [4.69, 9.17) is 9.26 Å². The van der Waals surface area contributed by atoms with Gasteiger partial charge in [-0.2, -0.15) is 0 Å². The number of hydrogen-bond donors (Lipinski definition) is 1. The van der Waals surface area contributed by atoms with Gasteiger partial charge in [0.15, 0.2) is 6.61 Å². The number of amides is 1. The molecule has 124 valence electrons. The molecule has 2 aromatic carbocycles. The van der Waals surface area contributed by atoms with Crippen LogP contribution in [0.4, 0.5) is 0 Å². The standard InChI is InChI=1S/C19H20N2O3/c1-13-18(14(2)24-21-13)9-10-20-19(22)12-23-17-8-7-15-5-3-4-6-16(15)11-17/h3-8,11H,9-10,12H2,1-2H3,(H,20,22). The molecule has 1 heterocycles. The number of aromatic nitrogens is 1. The molecule has 0 saturated carbocycles. The predicted molar refractivity (Wildman–Crippen MR) is 92.1 cm³/mol. The van der Waals surface area contributed by atoms with E-state index in [1.807, 2.05) is 56.3 Å². The average molecular weight is 324 g/mol. The van der Waals surface area contributed by atoms with Gasteiger partial charge in [-0.05, 0) is 43.2 Å². The summed E-state index contributed by atoms with van der Waals surface area (Å²) in [4.78, 5) is 11.9. The summed E-state index contributed by atoms with van der Waals surface area (Å²) < 4.78 is 10.7. The van der Waals surface area contributed by atoms with Crippen molar-refractivity contribution in [3.63, 3.8) is 0 Å². The van der Waals surface area contributed by atoms with E-state index < -0.39 is 0 Å². The summed E-state index contributed by atoms with van der Waals surface area (Å²) in [6, 6.07) is 13.8. The Balaban J connectivity index is 1.48. The summed E-state index contributed by atoms with van der Waals surface area (Å²) in [5, 5.41) is 8.99. The van der Waals surface area contributed by atoms with Crippen LogP contribution in [0.1, 0.15) is 17.0 Å². The van der Waals surface area contributed by atoms with Crippen LogP contribution in [0, 0.1) is 13.8 Å². The molecular formula is C19H20N2O3. The third kappa shape index (κ3) is 3.74. The molecule has 1 N–H and O–H groups in total. The zero-order valence-corrected chi connectivity index (χ0v) is 13.8. The molecule has 0 bridgehead atoms. The summed E-state index contributed by atoms with van der Waals surface area (Å²) in [6.45, 7) is 4.30. The number of nitrogens with zero attached hydrogens (tertiary/aromatic N) is 1. The van der Waals surface area contributed by atoms with Crippen LogP contribution in [0.25, 0.3) is 10.8 Å². The lowest BCUT2D eigenvalue weighted by atomic mass is 10.1. The highest BCUT2D eigenvalue weighted by Gasteiger charge is 2.09. The number of fused-ring (bicyclic) bond motifs is 1. The second kappa shape index (κ2) is 7.17. The molecule has 24 heavy (non-hydrogen) atoms. The lowest BCUT2D eigenvalue weighted by Crippen LogP contribution is -2.30. The Morgan fingerprint density at radius 3 is 2.71 bits per heavy atom. The SMILES string of the molecule is Cc1noc(C)c1CCNC(=O)COc1ccc2ccccc2c1. The van der Waals surface area contributed by atoms with Gasteiger partial charge in [0.1, 0.15) is 11.5 Å². The van der Waals surface area contributed by atoms with Gasteiger partial charge in [0.05, 0.1) is 5.69 Å². The number of carbonyl (C=O) groups is 1. The van der Waals surface area contributed by atoms with Crippen molar-refractivity contribution in [1.82, 2.24) is 10.5 Å². The van der Waals surface area contributed by atoms with E-state index in [2.05, 4.69) is 10.5 Å². The first kappa shape index (κ1) is 16.1. The number of ether oxygens (including phenoxy) is 1. The number of hydrogen-bond acceptors (Lipinski definition) is 4. The van der Waals surface area contributed by atoms with Crippen LogP contribution in [0.2, 0.25) is 0 Å². The average Bonchev–Trinajstić information content (AvgIpc) is 2.91. The fourth-order valence-corrected chi connectivity index (χ4v) is 2.64. The number of carbonyl (C=O) groups excluding carboxylic acids is 1. The normalized spacial score (nSPS) is 10.8. The first-order chi connectivity index (χ1) is 11.6. The Morgan fingerprint density at radius 1 is 1.17 bits per heavy atom. The third-order valence-electron chi connectivity index (χ3n) is 3.97. The van der Waals surface area contributed by atoms with Gasteiger partial charge >= 0.3 is 0 Å². The van der Waals surface area contributed by atoms with Crippen LogP contribution >= 0.6 is 0 Å². The van der Waals surface area contributed by atoms with Crippen molar-refractivity contribution >= 4 is 16.7 Å². The molecule has 0 unspecified atom stereocenters. The molecule has 0 spiro atoms. The topological polar surface area (TPSA) is 64.4 Å². The van der Waals surface area contributed by atoms with Gasteiger partial charge in [0.25, 0.3) is 5.91 Å².